The van der Waals surface area contributed by atoms with E-state index in [0.717, 1.165) is 16.5 Å². The number of halogens is 2. The summed E-state index contributed by atoms with van der Waals surface area (Å²) in [4.78, 5) is 25.6. The van der Waals surface area contributed by atoms with Crippen molar-refractivity contribution in [3.05, 3.63) is 82.1 Å². The highest BCUT2D eigenvalue weighted by atomic mass is 35.5. The molecule has 10 heteroatoms. The van der Waals surface area contributed by atoms with Crippen molar-refractivity contribution in [2.24, 2.45) is 5.92 Å². The van der Waals surface area contributed by atoms with Crippen LogP contribution < -0.4 is 10.6 Å². The summed E-state index contributed by atoms with van der Waals surface area (Å²) in [5.41, 5.74) is 1.07. The van der Waals surface area contributed by atoms with Crippen LogP contribution in [0.1, 0.15) is 43.0 Å². The van der Waals surface area contributed by atoms with Crippen molar-refractivity contribution in [3.8, 4) is 0 Å². The van der Waals surface area contributed by atoms with Crippen molar-refractivity contribution in [3.63, 3.8) is 0 Å². The van der Waals surface area contributed by atoms with Gasteiger partial charge in [0.1, 0.15) is 0 Å². The van der Waals surface area contributed by atoms with E-state index in [9.17, 15) is 9.59 Å². The molecule has 0 bridgehead atoms. The van der Waals surface area contributed by atoms with Crippen LogP contribution in [0.2, 0.25) is 10.0 Å². The third-order valence-corrected chi connectivity index (χ3v) is 7.35. The summed E-state index contributed by atoms with van der Waals surface area (Å²) in [5, 5.41) is 18.2. The molecule has 1 heterocycles. The van der Waals surface area contributed by atoms with Gasteiger partial charge < -0.3 is 15.2 Å². The third kappa shape index (κ3) is 6.44. The number of benzene rings is 3. The van der Waals surface area contributed by atoms with E-state index in [1.165, 1.54) is 17.8 Å². The summed E-state index contributed by atoms with van der Waals surface area (Å²) in [6, 6.07) is 18.2. The lowest BCUT2D eigenvalue weighted by Crippen LogP contribution is -2.34. The maximum Gasteiger partial charge on any atom is 0.253 e. The quantitative estimate of drug-likeness (QED) is 0.226. The van der Waals surface area contributed by atoms with Crippen LogP contribution in [0.5, 0.6) is 0 Å². The van der Waals surface area contributed by atoms with Crippen molar-refractivity contribution in [2.75, 3.05) is 11.1 Å². The van der Waals surface area contributed by atoms with Gasteiger partial charge in [-0.1, -0.05) is 79.1 Å². The number of nitrogens with zero attached hydrogens (tertiary/aromatic N) is 3. The second-order valence-corrected chi connectivity index (χ2v) is 10.6. The van der Waals surface area contributed by atoms with E-state index in [0.29, 0.717) is 28.1 Å². The molecule has 0 unspecified atom stereocenters. The molecule has 0 radical (unpaired) electrons. The summed E-state index contributed by atoms with van der Waals surface area (Å²) in [5.74, 6) is 0.352. The van der Waals surface area contributed by atoms with Gasteiger partial charge >= 0.3 is 0 Å². The first kappa shape index (κ1) is 27.0. The van der Waals surface area contributed by atoms with Crippen LogP contribution in [0.15, 0.2) is 65.8 Å². The summed E-state index contributed by atoms with van der Waals surface area (Å²) in [6.07, 6.45) is 0. The molecule has 3 aromatic carbocycles. The number of carbonyl (C=O) groups excluding carboxylic acids is 2. The molecule has 1 atom stereocenters. The van der Waals surface area contributed by atoms with Gasteiger partial charge in [-0.3, -0.25) is 9.59 Å². The van der Waals surface area contributed by atoms with Gasteiger partial charge in [-0.05, 0) is 53.9 Å². The van der Waals surface area contributed by atoms with Crippen molar-refractivity contribution in [1.82, 2.24) is 20.1 Å². The number of fused-ring (bicyclic) bond motifs is 1. The number of nitrogens with one attached hydrogen (secondary N) is 2. The monoisotopic (exact) mass is 555 g/mol. The largest absolute Gasteiger partial charge is 0.342 e. The van der Waals surface area contributed by atoms with E-state index < -0.39 is 6.04 Å². The second-order valence-electron chi connectivity index (χ2n) is 8.80. The summed E-state index contributed by atoms with van der Waals surface area (Å²) in [6.45, 7) is 6.54. The standard InChI is InChI=1S/C27H27Cl2N5O2S/c1-4-34-25(24(16(2)3)31-26(36)21-12-10-19(28)14-22(21)29)32-33-27(34)37-15-23(35)30-20-11-9-17-7-5-6-8-18(17)13-20/h5-14,16,24H,4,15H2,1-3H3,(H,30,35)(H,31,36)/t24-/m0/s1. The summed E-state index contributed by atoms with van der Waals surface area (Å²) in [7, 11) is 0. The Bertz CT molecular complexity index is 1440. The number of carbonyl (C=O) groups is 2. The van der Waals surface area contributed by atoms with E-state index in [1.807, 2.05) is 67.8 Å². The first-order valence-electron chi connectivity index (χ1n) is 11.9. The highest BCUT2D eigenvalue weighted by Crippen LogP contribution is 2.27. The lowest BCUT2D eigenvalue weighted by molar-refractivity contribution is -0.113. The zero-order chi connectivity index (χ0) is 26.5. The molecule has 0 fully saturated rings. The van der Waals surface area contributed by atoms with Gasteiger partial charge in [0.15, 0.2) is 11.0 Å². The van der Waals surface area contributed by atoms with Crippen LogP contribution in [0.25, 0.3) is 10.8 Å². The van der Waals surface area contributed by atoms with E-state index in [2.05, 4.69) is 20.8 Å². The number of hydrogen-bond donors (Lipinski definition) is 2. The molecule has 0 aliphatic rings. The fraction of sp³-hybridized carbons (Fsp3) is 0.259. The molecule has 37 heavy (non-hydrogen) atoms. The first-order valence-corrected chi connectivity index (χ1v) is 13.6. The average Bonchev–Trinajstić information content (AvgIpc) is 3.28. The molecular weight excluding hydrogens is 529 g/mol. The van der Waals surface area contributed by atoms with Crippen LogP contribution in [0, 0.1) is 5.92 Å². The van der Waals surface area contributed by atoms with Gasteiger partial charge in [0.05, 0.1) is 22.4 Å². The topological polar surface area (TPSA) is 88.9 Å². The second kappa shape index (κ2) is 12.0. The molecule has 1 aromatic heterocycles. The number of aromatic nitrogens is 3. The lowest BCUT2D eigenvalue weighted by atomic mass is 10.0. The van der Waals surface area contributed by atoms with Crippen LogP contribution >= 0.6 is 35.0 Å². The zero-order valence-electron chi connectivity index (χ0n) is 20.7. The third-order valence-electron chi connectivity index (χ3n) is 5.83. The highest BCUT2D eigenvalue weighted by molar-refractivity contribution is 7.99. The van der Waals surface area contributed by atoms with E-state index in [4.69, 9.17) is 23.2 Å². The Labute approximate surface area is 229 Å². The van der Waals surface area contributed by atoms with Gasteiger partial charge in [-0.15, -0.1) is 10.2 Å². The van der Waals surface area contributed by atoms with Crippen molar-refractivity contribution in [1.29, 1.82) is 0 Å². The predicted molar refractivity (Wildman–Crippen MR) is 151 cm³/mol. The van der Waals surface area contributed by atoms with Gasteiger partial charge in [0, 0.05) is 17.3 Å². The molecular formula is C27H27Cl2N5O2S. The Balaban J connectivity index is 1.45. The van der Waals surface area contributed by atoms with Crippen LogP contribution in [0.4, 0.5) is 5.69 Å². The van der Waals surface area contributed by atoms with Crippen molar-refractivity contribution in [2.45, 2.75) is 38.5 Å². The zero-order valence-corrected chi connectivity index (χ0v) is 23.0. The smallest absolute Gasteiger partial charge is 0.253 e. The number of rotatable bonds is 9. The fourth-order valence-electron chi connectivity index (χ4n) is 3.95. The number of thioether (sulfide) groups is 1. The molecule has 4 rings (SSSR count). The highest BCUT2D eigenvalue weighted by Gasteiger charge is 2.27. The number of hydrogen-bond acceptors (Lipinski definition) is 5. The molecule has 0 aliphatic carbocycles. The van der Waals surface area contributed by atoms with Gasteiger partial charge in [-0.25, -0.2) is 0 Å². The fourth-order valence-corrected chi connectivity index (χ4v) is 5.25. The summed E-state index contributed by atoms with van der Waals surface area (Å²) < 4.78 is 1.92. The van der Waals surface area contributed by atoms with E-state index >= 15 is 0 Å². The van der Waals surface area contributed by atoms with Crippen LogP contribution in [-0.2, 0) is 11.3 Å². The molecule has 4 aromatic rings. The van der Waals surface area contributed by atoms with Gasteiger partial charge in [0.25, 0.3) is 5.91 Å². The Morgan fingerprint density at radius 1 is 1.00 bits per heavy atom. The summed E-state index contributed by atoms with van der Waals surface area (Å²) >= 11 is 13.5. The average molecular weight is 557 g/mol. The van der Waals surface area contributed by atoms with E-state index in [-0.39, 0.29) is 28.5 Å². The predicted octanol–water partition coefficient (Wildman–Crippen LogP) is 6.62. The van der Waals surface area contributed by atoms with Crippen molar-refractivity contribution >= 4 is 63.2 Å². The number of anilines is 1. The van der Waals surface area contributed by atoms with Crippen molar-refractivity contribution < 1.29 is 9.59 Å². The maximum absolute atomic E-state index is 13.0. The Morgan fingerprint density at radius 3 is 2.46 bits per heavy atom. The van der Waals surface area contributed by atoms with Crippen LogP contribution in [-0.4, -0.2) is 32.3 Å². The van der Waals surface area contributed by atoms with Gasteiger partial charge in [-0.2, -0.15) is 0 Å². The molecule has 2 amide bonds. The normalized spacial score (nSPS) is 12.1. The minimum atomic E-state index is -0.410. The molecule has 0 saturated heterocycles. The SMILES string of the molecule is CCn1c(SCC(=O)Nc2ccc3ccccc3c2)nnc1[C@@H](NC(=O)c1ccc(Cl)cc1Cl)C(C)C. The Kier molecular flexibility index (Phi) is 8.74. The molecule has 192 valence electrons. The minimum Gasteiger partial charge on any atom is -0.342 e. The molecule has 0 aliphatic heterocycles. The molecule has 7 nitrogen and oxygen atoms in total. The molecule has 0 spiro atoms. The van der Waals surface area contributed by atoms with Gasteiger partial charge in [0.2, 0.25) is 5.91 Å². The van der Waals surface area contributed by atoms with E-state index in [1.54, 1.807) is 12.1 Å². The molecule has 2 N–H and O–H groups in total. The maximum atomic E-state index is 13.0. The first-order chi connectivity index (χ1) is 17.8. The Hall–Kier alpha value is -3.07. The lowest BCUT2D eigenvalue weighted by Gasteiger charge is -2.22. The minimum absolute atomic E-state index is 0.0265. The Morgan fingerprint density at radius 2 is 1.76 bits per heavy atom. The van der Waals surface area contributed by atoms with Crippen LogP contribution in [0.3, 0.4) is 0 Å². The number of amides is 2. The molecule has 0 saturated carbocycles.